The third kappa shape index (κ3) is 4.83. The van der Waals surface area contributed by atoms with E-state index in [-0.39, 0.29) is 17.5 Å². The van der Waals surface area contributed by atoms with E-state index >= 15 is 0 Å². The first kappa shape index (κ1) is 16.0. The van der Waals surface area contributed by atoms with Crippen LogP contribution < -0.4 is 4.74 Å². The molecule has 0 atom stereocenters. The maximum absolute atomic E-state index is 12.1. The van der Waals surface area contributed by atoms with Crippen molar-refractivity contribution in [1.29, 1.82) is 0 Å². The number of hydrogen-bond acceptors (Lipinski definition) is 4. The molecule has 1 aliphatic rings. The van der Waals surface area contributed by atoms with Crippen LogP contribution in [0, 0.1) is 5.41 Å². The molecule has 0 amide bonds. The van der Waals surface area contributed by atoms with Gasteiger partial charge in [0.15, 0.2) is 12.1 Å². The Morgan fingerprint density at radius 2 is 2.05 bits per heavy atom. The Kier molecular flexibility index (Phi) is 5.37. The summed E-state index contributed by atoms with van der Waals surface area (Å²) in [5, 5.41) is 0. The van der Waals surface area contributed by atoms with Crippen molar-refractivity contribution >= 4 is 5.78 Å². The zero-order valence-electron chi connectivity index (χ0n) is 13.1. The van der Waals surface area contributed by atoms with Gasteiger partial charge in [0.1, 0.15) is 5.75 Å². The average Bonchev–Trinajstić information content (AvgIpc) is 2.49. The minimum atomic E-state index is -0.170. The Hall–Kier alpha value is -1.39. The van der Waals surface area contributed by atoms with Crippen LogP contribution in [0.5, 0.6) is 5.75 Å². The summed E-state index contributed by atoms with van der Waals surface area (Å²) in [4.78, 5) is 12.1. The summed E-state index contributed by atoms with van der Waals surface area (Å²) in [5.41, 5.74) is 0.786. The smallest absolute Gasteiger partial charge is 0.163 e. The van der Waals surface area contributed by atoms with Gasteiger partial charge in [-0.1, -0.05) is 26.0 Å². The minimum absolute atomic E-state index is 0.0902. The van der Waals surface area contributed by atoms with Crippen molar-refractivity contribution in [3.8, 4) is 5.75 Å². The molecule has 21 heavy (non-hydrogen) atoms. The molecule has 0 unspecified atom stereocenters. The van der Waals surface area contributed by atoms with Crippen LogP contribution in [0.15, 0.2) is 24.3 Å². The first-order valence-electron chi connectivity index (χ1n) is 7.41. The zero-order valence-corrected chi connectivity index (χ0v) is 13.1. The standard InChI is InChI=1S/C17H24O4/c1-17(2)11-20-16(21-12-17)9-5-8-15(18)13-6-4-7-14(10-13)19-3/h4,6-7,10,16H,5,8-9,11-12H2,1-3H3. The molecule has 0 bridgehead atoms. The van der Waals surface area contributed by atoms with Crippen LogP contribution in [0.1, 0.15) is 43.5 Å². The maximum atomic E-state index is 12.1. The molecule has 1 heterocycles. The summed E-state index contributed by atoms with van der Waals surface area (Å²) in [7, 11) is 1.60. The molecular formula is C17H24O4. The van der Waals surface area contributed by atoms with Crippen molar-refractivity contribution in [3.05, 3.63) is 29.8 Å². The number of Topliss-reactive ketones (excluding diaryl/α,β-unsaturated/α-hetero) is 1. The number of benzene rings is 1. The molecule has 1 fully saturated rings. The molecule has 0 saturated carbocycles. The number of rotatable bonds is 6. The highest BCUT2D eigenvalue weighted by Crippen LogP contribution is 2.25. The molecule has 1 aromatic rings. The van der Waals surface area contributed by atoms with E-state index in [1.54, 1.807) is 13.2 Å². The zero-order chi connectivity index (χ0) is 15.3. The Bertz CT molecular complexity index is 471. The highest BCUT2D eigenvalue weighted by molar-refractivity contribution is 5.96. The van der Waals surface area contributed by atoms with Crippen LogP contribution in [-0.4, -0.2) is 32.4 Å². The summed E-state index contributed by atoms with van der Waals surface area (Å²) in [5.74, 6) is 0.840. The van der Waals surface area contributed by atoms with E-state index < -0.39 is 0 Å². The summed E-state index contributed by atoms with van der Waals surface area (Å²) < 4.78 is 16.5. The summed E-state index contributed by atoms with van der Waals surface area (Å²) in [6.07, 6.45) is 1.85. The molecule has 2 rings (SSSR count). The molecule has 4 nitrogen and oxygen atoms in total. The predicted molar refractivity (Wildman–Crippen MR) is 80.6 cm³/mol. The topological polar surface area (TPSA) is 44.8 Å². The predicted octanol–water partition coefficient (Wildman–Crippen LogP) is 3.45. The lowest BCUT2D eigenvalue weighted by atomic mass is 9.95. The Morgan fingerprint density at radius 3 is 2.71 bits per heavy atom. The van der Waals surface area contributed by atoms with Crippen LogP contribution in [0.25, 0.3) is 0 Å². The average molecular weight is 292 g/mol. The van der Waals surface area contributed by atoms with Crippen molar-refractivity contribution in [1.82, 2.24) is 0 Å². The van der Waals surface area contributed by atoms with Crippen LogP contribution in [-0.2, 0) is 9.47 Å². The van der Waals surface area contributed by atoms with Crippen molar-refractivity contribution in [2.45, 2.75) is 39.4 Å². The summed E-state index contributed by atoms with van der Waals surface area (Å²) in [6.45, 7) is 5.66. The van der Waals surface area contributed by atoms with Gasteiger partial charge in [-0.3, -0.25) is 4.79 Å². The van der Waals surface area contributed by atoms with Gasteiger partial charge in [-0.2, -0.15) is 0 Å². The normalized spacial score (nSPS) is 18.4. The molecule has 0 radical (unpaired) electrons. The quantitative estimate of drug-likeness (QED) is 0.753. The van der Waals surface area contributed by atoms with E-state index in [9.17, 15) is 4.79 Å². The molecule has 0 aliphatic carbocycles. The summed E-state index contributed by atoms with van der Waals surface area (Å²) in [6, 6.07) is 7.27. The lowest BCUT2D eigenvalue weighted by Crippen LogP contribution is -2.37. The molecular weight excluding hydrogens is 268 g/mol. The minimum Gasteiger partial charge on any atom is -0.497 e. The first-order valence-corrected chi connectivity index (χ1v) is 7.41. The van der Waals surface area contributed by atoms with Gasteiger partial charge in [0.2, 0.25) is 0 Å². The van der Waals surface area contributed by atoms with Gasteiger partial charge in [-0.05, 0) is 25.0 Å². The molecule has 0 spiro atoms. The monoisotopic (exact) mass is 292 g/mol. The molecule has 0 aromatic heterocycles. The highest BCUT2D eigenvalue weighted by atomic mass is 16.7. The Labute approximate surface area is 126 Å². The van der Waals surface area contributed by atoms with Gasteiger partial charge in [0, 0.05) is 17.4 Å². The molecule has 4 heteroatoms. The van der Waals surface area contributed by atoms with E-state index in [1.165, 1.54) is 0 Å². The van der Waals surface area contributed by atoms with Gasteiger partial charge >= 0.3 is 0 Å². The van der Waals surface area contributed by atoms with E-state index in [1.807, 2.05) is 18.2 Å². The second-order valence-corrected chi connectivity index (χ2v) is 6.26. The number of ketones is 1. The van der Waals surface area contributed by atoms with Crippen LogP contribution in [0.4, 0.5) is 0 Å². The molecule has 1 aliphatic heterocycles. The number of carbonyl (C=O) groups excluding carboxylic acids is 1. The fourth-order valence-corrected chi connectivity index (χ4v) is 2.26. The van der Waals surface area contributed by atoms with E-state index in [0.717, 1.165) is 12.8 Å². The third-order valence-corrected chi connectivity index (χ3v) is 3.56. The van der Waals surface area contributed by atoms with E-state index in [0.29, 0.717) is 30.9 Å². The van der Waals surface area contributed by atoms with Gasteiger partial charge in [0.05, 0.1) is 20.3 Å². The fraction of sp³-hybridized carbons (Fsp3) is 0.588. The SMILES string of the molecule is COc1cccc(C(=O)CCCC2OCC(C)(C)CO2)c1. The van der Waals surface area contributed by atoms with E-state index in [4.69, 9.17) is 14.2 Å². The van der Waals surface area contributed by atoms with Crippen LogP contribution in [0.2, 0.25) is 0 Å². The van der Waals surface area contributed by atoms with Gasteiger partial charge in [-0.25, -0.2) is 0 Å². The first-order chi connectivity index (χ1) is 10.00. The lowest BCUT2D eigenvalue weighted by Gasteiger charge is -2.34. The molecule has 1 saturated heterocycles. The lowest BCUT2D eigenvalue weighted by molar-refractivity contribution is -0.223. The van der Waals surface area contributed by atoms with Gasteiger partial charge in [0.25, 0.3) is 0 Å². The number of carbonyl (C=O) groups is 1. The molecule has 1 aromatic carbocycles. The van der Waals surface area contributed by atoms with Crippen LogP contribution >= 0.6 is 0 Å². The second kappa shape index (κ2) is 7.05. The van der Waals surface area contributed by atoms with Crippen molar-refractivity contribution in [2.24, 2.45) is 5.41 Å². The number of methoxy groups -OCH3 is 1. The van der Waals surface area contributed by atoms with Crippen LogP contribution in [0.3, 0.4) is 0 Å². The van der Waals surface area contributed by atoms with E-state index in [2.05, 4.69) is 13.8 Å². The largest absolute Gasteiger partial charge is 0.497 e. The summed E-state index contributed by atoms with van der Waals surface area (Å²) >= 11 is 0. The highest BCUT2D eigenvalue weighted by Gasteiger charge is 2.27. The fourth-order valence-electron chi connectivity index (χ4n) is 2.26. The van der Waals surface area contributed by atoms with Crippen molar-refractivity contribution in [3.63, 3.8) is 0 Å². The Morgan fingerprint density at radius 1 is 1.33 bits per heavy atom. The second-order valence-electron chi connectivity index (χ2n) is 6.26. The van der Waals surface area contributed by atoms with Crippen molar-refractivity contribution < 1.29 is 19.0 Å². The molecule has 0 N–H and O–H groups in total. The number of ether oxygens (including phenoxy) is 3. The molecule has 116 valence electrons. The third-order valence-electron chi connectivity index (χ3n) is 3.56. The Balaban J connectivity index is 1.74. The van der Waals surface area contributed by atoms with Crippen molar-refractivity contribution in [2.75, 3.05) is 20.3 Å². The maximum Gasteiger partial charge on any atom is 0.163 e. The van der Waals surface area contributed by atoms with Gasteiger partial charge in [-0.15, -0.1) is 0 Å². The number of hydrogen-bond donors (Lipinski definition) is 0. The van der Waals surface area contributed by atoms with Gasteiger partial charge < -0.3 is 14.2 Å².